The zero-order valence-corrected chi connectivity index (χ0v) is 17.2. The summed E-state index contributed by atoms with van der Waals surface area (Å²) >= 11 is 0. The number of aromatic nitrogens is 5. The van der Waals surface area contributed by atoms with Crippen LogP contribution in [0.5, 0.6) is 0 Å². The Balaban J connectivity index is 1.34. The predicted octanol–water partition coefficient (Wildman–Crippen LogP) is 2.72. The molecule has 0 aromatic carbocycles. The number of aryl methyl sites for hydroxylation is 2. The number of amides is 1. The van der Waals surface area contributed by atoms with Crippen LogP contribution in [0.3, 0.4) is 0 Å². The summed E-state index contributed by atoms with van der Waals surface area (Å²) in [5.74, 6) is 0.887. The maximum atomic E-state index is 12.9. The molecular formula is C21H30N6O2. The van der Waals surface area contributed by atoms with Gasteiger partial charge in [-0.1, -0.05) is 37.3 Å². The molecular weight excluding hydrogens is 368 g/mol. The zero-order chi connectivity index (χ0) is 20.2. The highest BCUT2D eigenvalue weighted by molar-refractivity contribution is 5.96. The van der Waals surface area contributed by atoms with Crippen molar-refractivity contribution in [3.8, 4) is 0 Å². The number of carbonyl (C=O) groups excluding carboxylic acids is 2. The van der Waals surface area contributed by atoms with Gasteiger partial charge < -0.3 is 9.47 Å². The van der Waals surface area contributed by atoms with E-state index in [4.69, 9.17) is 0 Å². The first-order chi connectivity index (χ1) is 14.1. The molecule has 0 radical (unpaired) electrons. The van der Waals surface area contributed by atoms with Crippen LogP contribution in [0.25, 0.3) is 0 Å². The molecule has 1 aliphatic carbocycles. The number of rotatable bonds is 6. The number of piperidine rings is 1. The van der Waals surface area contributed by atoms with Crippen molar-refractivity contribution in [1.82, 2.24) is 29.4 Å². The molecule has 0 unspecified atom stereocenters. The lowest BCUT2D eigenvalue weighted by molar-refractivity contribution is 0.0628. The number of hydrogen-bond acceptors (Lipinski definition) is 5. The second-order valence-electron chi connectivity index (χ2n) is 8.48. The van der Waals surface area contributed by atoms with E-state index in [0.717, 1.165) is 31.7 Å². The minimum absolute atomic E-state index is 0.00568. The normalized spacial score (nSPS) is 20.7. The highest BCUT2D eigenvalue weighted by atomic mass is 16.2. The Hall–Kier alpha value is -2.51. The van der Waals surface area contributed by atoms with E-state index in [2.05, 4.69) is 15.3 Å². The molecule has 0 N–H and O–H groups in total. The third-order valence-electron chi connectivity index (χ3n) is 6.37. The number of likely N-dealkylation sites (tertiary alicyclic amines) is 1. The third kappa shape index (κ3) is 4.57. The van der Waals surface area contributed by atoms with Crippen LogP contribution >= 0.6 is 0 Å². The average Bonchev–Trinajstić information content (AvgIpc) is 3.41. The average molecular weight is 399 g/mol. The van der Waals surface area contributed by atoms with Crippen molar-refractivity contribution < 1.29 is 9.59 Å². The molecule has 2 aromatic heterocycles. The van der Waals surface area contributed by atoms with Crippen molar-refractivity contribution in [2.24, 2.45) is 18.9 Å². The van der Waals surface area contributed by atoms with Gasteiger partial charge in [-0.25, -0.2) is 4.98 Å². The minimum Gasteiger partial charge on any atom is -0.336 e. The fourth-order valence-electron chi connectivity index (χ4n) is 4.62. The highest BCUT2D eigenvalue weighted by Crippen LogP contribution is 2.26. The van der Waals surface area contributed by atoms with E-state index in [1.807, 2.05) is 7.05 Å². The number of ketones is 1. The second kappa shape index (κ2) is 8.88. The molecule has 1 amide bonds. The summed E-state index contributed by atoms with van der Waals surface area (Å²) in [6.45, 7) is 1.88. The number of nitrogens with zero attached hydrogens (tertiary/aromatic N) is 6. The van der Waals surface area contributed by atoms with Crippen LogP contribution in [0.4, 0.5) is 0 Å². The molecule has 0 spiro atoms. The molecule has 2 aliphatic rings. The van der Waals surface area contributed by atoms with Crippen LogP contribution < -0.4 is 0 Å². The molecule has 8 heteroatoms. The molecule has 3 heterocycles. The summed E-state index contributed by atoms with van der Waals surface area (Å²) in [7, 11) is 1.82. The molecule has 1 atom stereocenters. The fraction of sp³-hybridized carbons (Fsp3) is 0.667. The lowest BCUT2D eigenvalue weighted by Gasteiger charge is -2.31. The third-order valence-corrected chi connectivity index (χ3v) is 6.37. The highest BCUT2D eigenvalue weighted by Gasteiger charge is 2.32. The van der Waals surface area contributed by atoms with E-state index in [1.165, 1.54) is 32.1 Å². The van der Waals surface area contributed by atoms with Gasteiger partial charge in [-0.05, 0) is 25.2 Å². The largest absolute Gasteiger partial charge is 0.336 e. The van der Waals surface area contributed by atoms with E-state index in [1.54, 1.807) is 32.7 Å². The Morgan fingerprint density at radius 3 is 2.72 bits per heavy atom. The summed E-state index contributed by atoms with van der Waals surface area (Å²) in [4.78, 5) is 31.6. The van der Waals surface area contributed by atoms with E-state index in [-0.39, 0.29) is 17.6 Å². The monoisotopic (exact) mass is 398 g/mol. The number of Topliss-reactive ketones (excluding diaryl/α,β-unsaturated/α-hetero) is 1. The predicted molar refractivity (Wildman–Crippen MR) is 107 cm³/mol. The number of carbonyl (C=O) groups is 2. The van der Waals surface area contributed by atoms with Gasteiger partial charge in [-0.3, -0.25) is 14.3 Å². The summed E-state index contributed by atoms with van der Waals surface area (Å²) in [5.41, 5.74) is 0.374. The summed E-state index contributed by atoms with van der Waals surface area (Å²) < 4.78 is 3.53. The van der Waals surface area contributed by atoms with Crippen LogP contribution in [0.2, 0.25) is 0 Å². The Bertz CT molecular complexity index is 851. The van der Waals surface area contributed by atoms with Crippen molar-refractivity contribution in [3.05, 3.63) is 30.1 Å². The molecule has 1 saturated heterocycles. The topological polar surface area (TPSA) is 85.9 Å². The van der Waals surface area contributed by atoms with Gasteiger partial charge in [0.05, 0.1) is 6.20 Å². The van der Waals surface area contributed by atoms with Gasteiger partial charge in [-0.15, -0.1) is 5.10 Å². The van der Waals surface area contributed by atoms with Gasteiger partial charge >= 0.3 is 0 Å². The number of hydrogen-bond donors (Lipinski definition) is 0. The Morgan fingerprint density at radius 1 is 1.14 bits per heavy atom. The lowest BCUT2D eigenvalue weighted by atomic mass is 9.87. The van der Waals surface area contributed by atoms with Crippen LogP contribution in [-0.4, -0.2) is 54.2 Å². The summed E-state index contributed by atoms with van der Waals surface area (Å²) in [6.07, 6.45) is 14.5. The van der Waals surface area contributed by atoms with Gasteiger partial charge in [0.15, 0.2) is 11.5 Å². The van der Waals surface area contributed by atoms with Crippen molar-refractivity contribution in [2.75, 3.05) is 13.1 Å². The number of imidazole rings is 1. The fourth-order valence-corrected chi connectivity index (χ4v) is 4.62. The van der Waals surface area contributed by atoms with Crippen molar-refractivity contribution in [3.63, 3.8) is 0 Å². The van der Waals surface area contributed by atoms with Gasteiger partial charge in [-0.2, -0.15) is 0 Å². The molecule has 2 fully saturated rings. The zero-order valence-electron chi connectivity index (χ0n) is 17.2. The molecule has 1 aliphatic heterocycles. The van der Waals surface area contributed by atoms with E-state index in [9.17, 15) is 9.59 Å². The Labute approximate surface area is 171 Å². The first-order valence-electron chi connectivity index (χ1n) is 10.8. The van der Waals surface area contributed by atoms with Crippen LogP contribution in [0, 0.1) is 11.8 Å². The summed E-state index contributed by atoms with van der Waals surface area (Å²) in [5, 5.41) is 8.27. The molecule has 2 aromatic rings. The lowest BCUT2D eigenvalue weighted by Crippen LogP contribution is -2.42. The second-order valence-corrected chi connectivity index (χ2v) is 8.48. The van der Waals surface area contributed by atoms with Crippen LogP contribution in [0.1, 0.15) is 72.5 Å². The molecule has 29 heavy (non-hydrogen) atoms. The van der Waals surface area contributed by atoms with Crippen molar-refractivity contribution >= 4 is 11.7 Å². The van der Waals surface area contributed by atoms with E-state index >= 15 is 0 Å². The SMILES string of the molecule is Cn1ccnc1C(=O)[C@H]1CCCN(C(=O)c2cn(CCC3CCCCC3)nn2)C1. The molecule has 0 bridgehead atoms. The van der Waals surface area contributed by atoms with E-state index in [0.29, 0.717) is 24.6 Å². The first-order valence-corrected chi connectivity index (χ1v) is 10.8. The van der Waals surface area contributed by atoms with Gasteiger partial charge in [0.1, 0.15) is 0 Å². The smallest absolute Gasteiger partial charge is 0.276 e. The van der Waals surface area contributed by atoms with Crippen LogP contribution in [-0.2, 0) is 13.6 Å². The molecule has 1 saturated carbocycles. The van der Waals surface area contributed by atoms with E-state index < -0.39 is 0 Å². The van der Waals surface area contributed by atoms with Crippen LogP contribution in [0.15, 0.2) is 18.6 Å². The summed E-state index contributed by atoms with van der Waals surface area (Å²) in [6, 6.07) is 0. The molecule has 4 rings (SSSR count). The standard InChI is InChI=1S/C21H30N6O2/c1-25-13-10-22-20(25)19(28)17-8-5-11-26(14-17)21(29)18-15-27(24-23-18)12-9-16-6-3-2-4-7-16/h10,13,15-17H,2-9,11-12,14H2,1H3/t17-/m0/s1. The maximum Gasteiger partial charge on any atom is 0.276 e. The molecule has 156 valence electrons. The Kier molecular flexibility index (Phi) is 6.06. The minimum atomic E-state index is -0.213. The van der Waals surface area contributed by atoms with Crippen molar-refractivity contribution in [1.29, 1.82) is 0 Å². The Morgan fingerprint density at radius 2 is 1.97 bits per heavy atom. The molecule has 8 nitrogen and oxygen atoms in total. The first kappa shape index (κ1) is 19.8. The van der Waals surface area contributed by atoms with Gasteiger partial charge in [0, 0.05) is 45.0 Å². The van der Waals surface area contributed by atoms with Gasteiger partial charge in [0.25, 0.3) is 5.91 Å². The van der Waals surface area contributed by atoms with Crippen molar-refractivity contribution in [2.45, 2.75) is 57.9 Å². The van der Waals surface area contributed by atoms with Gasteiger partial charge in [0.2, 0.25) is 5.78 Å². The quantitative estimate of drug-likeness (QED) is 0.699. The maximum absolute atomic E-state index is 12.9.